The van der Waals surface area contributed by atoms with Gasteiger partial charge in [-0.1, -0.05) is 92.9 Å². The highest BCUT2D eigenvalue weighted by Crippen LogP contribution is 2.57. The van der Waals surface area contributed by atoms with Crippen LogP contribution in [0.15, 0.2) is 17.0 Å². The molecule has 0 atom stereocenters. The van der Waals surface area contributed by atoms with Gasteiger partial charge in [-0.25, -0.2) is 0 Å². The standard InChI is InChI=1S/C29H51NP2/c1-5-14-26(15-6-1)31(27-16-7-2-8-17-27)24-13-22-30-23-25-32(28-18-9-3-10-19-28)29-20-11-4-12-21-29/h22-23,25-29H,1-21,24H2. The molecule has 0 aromatic carbocycles. The minimum Gasteiger partial charge on any atom is -0.269 e. The monoisotopic (exact) mass is 475 g/mol. The Balaban J connectivity index is 1.29. The van der Waals surface area contributed by atoms with Crippen molar-refractivity contribution in [1.29, 1.82) is 0 Å². The van der Waals surface area contributed by atoms with Gasteiger partial charge in [0.25, 0.3) is 0 Å². The summed E-state index contributed by atoms with van der Waals surface area (Å²) in [7, 11) is 0.297. The summed E-state index contributed by atoms with van der Waals surface area (Å²) < 4.78 is 0. The van der Waals surface area contributed by atoms with Gasteiger partial charge in [0.15, 0.2) is 0 Å². The number of nitrogens with zero attached hydrogens (tertiary/aromatic N) is 1. The second-order valence-corrected chi connectivity index (χ2v) is 16.9. The van der Waals surface area contributed by atoms with E-state index in [1.807, 2.05) is 0 Å². The summed E-state index contributed by atoms with van der Waals surface area (Å²) in [5.41, 5.74) is 4.21. The summed E-state index contributed by atoms with van der Waals surface area (Å²) in [5.74, 6) is 2.63. The highest BCUT2D eigenvalue weighted by atomic mass is 31.1. The fourth-order valence-corrected chi connectivity index (χ4v) is 14.3. The van der Waals surface area contributed by atoms with E-state index in [9.17, 15) is 0 Å². The van der Waals surface area contributed by atoms with Crippen molar-refractivity contribution in [3.63, 3.8) is 0 Å². The Hall–Kier alpha value is 0.270. The third-order valence-electron chi connectivity index (χ3n) is 9.03. The quantitative estimate of drug-likeness (QED) is 0.232. The summed E-state index contributed by atoms with van der Waals surface area (Å²) in [6.45, 7) is 0. The van der Waals surface area contributed by atoms with Crippen LogP contribution in [0, 0.1) is 0 Å². The average Bonchev–Trinajstić information content (AvgIpc) is 2.88. The Morgan fingerprint density at radius 2 is 0.938 bits per heavy atom. The predicted molar refractivity (Wildman–Crippen MR) is 148 cm³/mol. The molecule has 4 aliphatic carbocycles. The molecular formula is C29H51NP2. The van der Waals surface area contributed by atoms with E-state index < -0.39 is 0 Å². The maximum atomic E-state index is 4.88. The van der Waals surface area contributed by atoms with Crippen molar-refractivity contribution in [3.8, 4) is 0 Å². The largest absolute Gasteiger partial charge is 0.269 e. The lowest BCUT2D eigenvalue weighted by Crippen LogP contribution is -2.22. The SMILES string of the molecule is C(=CP(C1CCCCC1)C1CCCCC1)N=CCCP(C1CCCCC1)C1CCCCC1. The van der Waals surface area contributed by atoms with E-state index in [2.05, 4.69) is 18.2 Å². The normalized spacial score (nSPS) is 26.2. The molecule has 0 bridgehead atoms. The lowest BCUT2D eigenvalue weighted by molar-refractivity contribution is 0.484. The van der Waals surface area contributed by atoms with E-state index in [0.29, 0.717) is 0 Å². The van der Waals surface area contributed by atoms with Crippen molar-refractivity contribution in [2.24, 2.45) is 4.99 Å². The number of hydrogen-bond donors (Lipinski definition) is 0. The Kier molecular flexibility index (Phi) is 11.6. The second-order valence-electron chi connectivity index (χ2n) is 11.3. The third-order valence-corrected chi connectivity index (χ3v) is 15.9. The fourth-order valence-electron chi connectivity index (χ4n) is 7.25. The maximum absolute atomic E-state index is 4.88. The summed E-state index contributed by atoms with van der Waals surface area (Å²) in [4.78, 5) is 4.88. The number of hydrogen-bond acceptors (Lipinski definition) is 1. The zero-order chi connectivity index (χ0) is 21.8. The molecule has 0 aromatic heterocycles. The first kappa shape index (κ1) is 25.4. The van der Waals surface area contributed by atoms with Gasteiger partial charge >= 0.3 is 0 Å². The van der Waals surface area contributed by atoms with Crippen molar-refractivity contribution >= 4 is 22.1 Å². The molecule has 0 saturated heterocycles. The van der Waals surface area contributed by atoms with E-state index in [-0.39, 0.29) is 15.8 Å². The van der Waals surface area contributed by atoms with Crippen LogP contribution in [0.4, 0.5) is 0 Å². The molecule has 4 saturated carbocycles. The fraction of sp³-hybridized carbons (Fsp3) is 0.897. The summed E-state index contributed by atoms with van der Waals surface area (Å²) in [5, 5.41) is 0. The molecule has 182 valence electrons. The first-order valence-electron chi connectivity index (χ1n) is 14.6. The first-order valence-corrected chi connectivity index (χ1v) is 17.8. The predicted octanol–water partition coefficient (Wildman–Crippen LogP) is 10.2. The smallest absolute Gasteiger partial charge is 0.0268 e. The lowest BCUT2D eigenvalue weighted by Gasteiger charge is -2.38. The van der Waals surface area contributed by atoms with Crippen LogP contribution in [0.1, 0.15) is 135 Å². The van der Waals surface area contributed by atoms with E-state index >= 15 is 0 Å². The minimum absolute atomic E-state index is 0.0589. The van der Waals surface area contributed by atoms with E-state index in [1.165, 1.54) is 115 Å². The van der Waals surface area contributed by atoms with Crippen molar-refractivity contribution in [3.05, 3.63) is 12.0 Å². The molecular weight excluding hydrogens is 424 g/mol. The third kappa shape index (κ3) is 7.91. The molecule has 0 N–H and O–H groups in total. The van der Waals surface area contributed by atoms with Gasteiger partial charge in [0, 0.05) is 12.4 Å². The van der Waals surface area contributed by atoms with Crippen LogP contribution in [0.5, 0.6) is 0 Å². The molecule has 0 amide bonds. The highest BCUT2D eigenvalue weighted by Gasteiger charge is 2.31. The van der Waals surface area contributed by atoms with Crippen LogP contribution in [-0.2, 0) is 0 Å². The molecule has 4 aliphatic rings. The summed E-state index contributed by atoms with van der Waals surface area (Å²) in [6.07, 6.45) is 37.5. The summed E-state index contributed by atoms with van der Waals surface area (Å²) in [6, 6.07) is 0. The number of aliphatic imine (C=N–C) groups is 1. The number of rotatable bonds is 9. The van der Waals surface area contributed by atoms with Crippen LogP contribution >= 0.6 is 15.8 Å². The van der Waals surface area contributed by atoms with Crippen LogP contribution in [0.3, 0.4) is 0 Å². The summed E-state index contributed by atoms with van der Waals surface area (Å²) >= 11 is 0. The van der Waals surface area contributed by atoms with Gasteiger partial charge < -0.3 is 0 Å². The molecule has 4 fully saturated rings. The van der Waals surface area contributed by atoms with Crippen molar-refractivity contribution < 1.29 is 0 Å². The van der Waals surface area contributed by atoms with Gasteiger partial charge in [-0.2, -0.15) is 0 Å². The maximum Gasteiger partial charge on any atom is 0.0268 e. The minimum atomic E-state index is 0.0589. The van der Waals surface area contributed by atoms with Crippen molar-refractivity contribution in [2.45, 2.75) is 157 Å². The van der Waals surface area contributed by atoms with Crippen LogP contribution in [0.2, 0.25) is 0 Å². The zero-order valence-electron chi connectivity index (χ0n) is 20.9. The molecule has 32 heavy (non-hydrogen) atoms. The van der Waals surface area contributed by atoms with Crippen molar-refractivity contribution in [2.75, 3.05) is 6.16 Å². The van der Waals surface area contributed by atoms with Crippen LogP contribution in [0.25, 0.3) is 0 Å². The molecule has 1 nitrogen and oxygen atoms in total. The van der Waals surface area contributed by atoms with Gasteiger partial charge in [-0.15, -0.1) is 0 Å². The molecule has 0 spiro atoms. The van der Waals surface area contributed by atoms with Gasteiger partial charge in [-0.05, 0) is 92.4 Å². The molecule has 0 unspecified atom stereocenters. The zero-order valence-corrected chi connectivity index (χ0v) is 22.7. The molecule has 0 aromatic rings. The Labute approximate surface area is 202 Å². The van der Waals surface area contributed by atoms with Gasteiger partial charge in [0.05, 0.1) is 0 Å². The molecule has 0 radical (unpaired) electrons. The Morgan fingerprint density at radius 1 is 0.531 bits per heavy atom. The Morgan fingerprint density at radius 3 is 1.38 bits per heavy atom. The van der Waals surface area contributed by atoms with E-state index in [1.54, 1.807) is 25.7 Å². The van der Waals surface area contributed by atoms with Crippen molar-refractivity contribution in [1.82, 2.24) is 0 Å². The molecule has 0 heterocycles. The van der Waals surface area contributed by atoms with Crippen LogP contribution in [-0.4, -0.2) is 35.0 Å². The van der Waals surface area contributed by atoms with Crippen LogP contribution < -0.4 is 0 Å². The van der Waals surface area contributed by atoms with Gasteiger partial charge in [0.2, 0.25) is 0 Å². The Bertz CT molecular complexity index is 514. The molecule has 0 aliphatic heterocycles. The first-order chi connectivity index (χ1) is 15.9. The van der Waals surface area contributed by atoms with Gasteiger partial charge in [0.1, 0.15) is 0 Å². The molecule has 4 rings (SSSR count). The molecule has 3 heteroatoms. The van der Waals surface area contributed by atoms with E-state index in [0.717, 1.165) is 22.6 Å². The highest BCUT2D eigenvalue weighted by molar-refractivity contribution is 7.62. The second kappa shape index (κ2) is 14.6. The lowest BCUT2D eigenvalue weighted by atomic mass is 9.99. The van der Waals surface area contributed by atoms with Gasteiger partial charge in [-0.3, -0.25) is 4.99 Å². The topological polar surface area (TPSA) is 12.4 Å². The average molecular weight is 476 g/mol. The van der Waals surface area contributed by atoms with E-state index in [4.69, 9.17) is 4.99 Å².